The molecule has 1 saturated heterocycles. The molecule has 1 fully saturated rings. The highest BCUT2D eigenvalue weighted by Gasteiger charge is 2.29. The summed E-state index contributed by atoms with van der Waals surface area (Å²) in [6.45, 7) is 1.38. The molecule has 0 bridgehead atoms. The van der Waals surface area contributed by atoms with Crippen LogP contribution in [0.5, 0.6) is 0 Å². The van der Waals surface area contributed by atoms with Gasteiger partial charge < -0.3 is 5.32 Å². The maximum Gasteiger partial charge on any atom is 0.159 e. The first-order valence-corrected chi connectivity index (χ1v) is 7.25. The van der Waals surface area contributed by atoms with E-state index in [1.165, 1.54) is 11.3 Å². The number of rotatable bonds is 1. The van der Waals surface area contributed by atoms with Crippen molar-refractivity contribution in [3.05, 3.63) is 22.4 Å². The molecular weight excluding hydrogens is 254 g/mol. The van der Waals surface area contributed by atoms with Crippen LogP contribution in [0.2, 0.25) is 0 Å². The summed E-state index contributed by atoms with van der Waals surface area (Å²) in [5.41, 5.74) is 0. The van der Waals surface area contributed by atoms with Crippen molar-refractivity contribution in [1.82, 2.24) is 5.32 Å². The van der Waals surface area contributed by atoms with Crippen LogP contribution in [0.4, 0.5) is 0 Å². The number of thiophene rings is 1. The second-order valence-corrected chi connectivity index (χ2v) is 6.69. The molecule has 0 aliphatic carbocycles. The Hall–Kier alpha value is -0.100. The largest absolute Gasteiger partial charge is 0.316 e. The standard InChI is InChI=1S/C9H13NO2S2.ClH/c11-14(12)7-5-10-4-3-9(14)8-2-1-6-13-8;/h1-2,6,9-10H,3-5,7H2;1H. The lowest BCUT2D eigenvalue weighted by molar-refractivity contribution is 0.583. The van der Waals surface area contributed by atoms with E-state index >= 15 is 0 Å². The number of hydrogen-bond acceptors (Lipinski definition) is 4. The van der Waals surface area contributed by atoms with Crippen molar-refractivity contribution in [3.8, 4) is 0 Å². The van der Waals surface area contributed by atoms with E-state index in [1.807, 2.05) is 17.5 Å². The number of nitrogens with one attached hydrogen (secondary N) is 1. The zero-order chi connectivity index (χ0) is 10.0. The molecule has 0 saturated carbocycles. The SMILES string of the molecule is Cl.O=S1(=O)CCNCCC1c1cccs1. The first-order chi connectivity index (χ1) is 6.70. The van der Waals surface area contributed by atoms with Crippen molar-refractivity contribution in [3.63, 3.8) is 0 Å². The van der Waals surface area contributed by atoms with Crippen molar-refractivity contribution < 1.29 is 8.42 Å². The van der Waals surface area contributed by atoms with Crippen LogP contribution in [0.15, 0.2) is 17.5 Å². The van der Waals surface area contributed by atoms with E-state index < -0.39 is 9.84 Å². The van der Waals surface area contributed by atoms with Crippen molar-refractivity contribution in [2.24, 2.45) is 0 Å². The molecule has 1 aromatic heterocycles. The fourth-order valence-corrected chi connectivity index (χ4v) is 4.66. The van der Waals surface area contributed by atoms with Gasteiger partial charge in [0.2, 0.25) is 0 Å². The molecule has 15 heavy (non-hydrogen) atoms. The van der Waals surface area contributed by atoms with Gasteiger partial charge in [-0.3, -0.25) is 0 Å². The van der Waals surface area contributed by atoms with Gasteiger partial charge in [0.25, 0.3) is 0 Å². The van der Waals surface area contributed by atoms with Gasteiger partial charge in [-0.25, -0.2) is 8.42 Å². The molecule has 0 aromatic carbocycles. The Kier molecular flexibility index (Phi) is 4.58. The quantitative estimate of drug-likeness (QED) is 0.841. The monoisotopic (exact) mass is 267 g/mol. The summed E-state index contributed by atoms with van der Waals surface area (Å²) >= 11 is 1.53. The first-order valence-electron chi connectivity index (χ1n) is 4.66. The van der Waals surface area contributed by atoms with Gasteiger partial charge in [0.1, 0.15) is 0 Å². The molecule has 1 aromatic rings. The summed E-state index contributed by atoms with van der Waals surface area (Å²) in [5, 5.41) is 4.77. The molecule has 2 rings (SSSR count). The summed E-state index contributed by atoms with van der Waals surface area (Å²) in [7, 11) is -2.94. The third kappa shape index (κ3) is 2.93. The Morgan fingerprint density at radius 2 is 2.20 bits per heavy atom. The molecule has 3 nitrogen and oxygen atoms in total. The van der Waals surface area contributed by atoms with E-state index in [0.717, 1.165) is 11.4 Å². The van der Waals surface area contributed by atoms with Crippen LogP contribution in [-0.2, 0) is 9.84 Å². The Morgan fingerprint density at radius 3 is 2.87 bits per heavy atom. The molecule has 0 amide bonds. The van der Waals surface area contributed by atoms with Gasteiger partial charge in [-0.1, -0.05) is 6.07 Å². The van der Waals surface area contributed by atoms with Crippen LogP contribution in [0.25, 0.3) is 0 Å². The second-order valence-electron chi connectivity index (χ2n) is 3.41. The fraction of sp³-hybridized carbons (Fsp3) is 0.556. The van der Waals surface area contributed by atoms with Gasteiger partial charge in [-0.15, -0.1) is 23.7 Å². The Balaban J connectivity index is 0.00000112. The third-order valence-electron chi connectivity index (χ3n) is 2.44. The van der Waals surface area contributed by atoms with Crippen molar-refractivity contribution >= 4 is 33.6 Å². The maximum atomic E-state index is 11.9. The van der Waals surface area contributed by atoms with E-state index in [1.54, 1.807) is 0 Å². The first kappa shape index (κ1) is 13.0. The smallest absolute Gasteiger partial charge is 0.159 e. The normalized spacial score (nSPS) is 25.2. The van der Waals surface area contributed by atoms with Crippen molar-refractivity contribution in [2.75, 3.05) is 18.8 Å². The van der Waals surface area contributed by atoms with Crippen LogP contribution in [0.1, 0.15) is 16.5 Å². The molecule has 1 aliphatic heterocycles. The molecular formula is C9H14ClNO2S2. The van der Waals surface area contributed by atoms with E-state index in [-0.39, 0.29) is 23.4 Å². The van der Waals surface area contributed by atoms with Crippen LogP contribution in [0.3, 0.4) is 0 Å². The summed E-state index contributed by atoms with van der Waals surface area (Å²) in [5.74, 6) is 0.259. The van der Waals surface area contributed by atoms with Crippen LogP contribution >= 0.6 is 23.7 Å². The average molecular weight is 268 g/mol. The lowest BCUT2D eigenvalue weighted by Gasteiger charge is -2.11. The van der Waals surface area contributed by atoms with Gasteiger partial charge in [0, 0.05) is 11.4 Å². The van der Waals surface area contributed by atoms with Crippen molar-refractivity contribution in [2.45, 2.75) is 11.7 Å². The second kappa shape index (κ2) is 5.30. The average Bonchev–Trinajstić information content (AvgIpc) is 2.57. The minimum absolute atomic E-state index is 0. The van der Waals surface area contributed by atoms with Gasteiger partial charge >= 0.3 is 0 Å². The number of halogens is 1. The topological polar surface area (TPSA) is 46.2 Å². The lowest BCUT2D eigenvalue weighted by atomic mass is 10.2. The van der Waals surface area contributed by atoms with Gasteiger partial charge in [-0.2, -0.15) is 0 Å². The van der Waals surface area contributed by atoms with Gasteiger partial charge in [-0.05, 0) is 24.4 Å². The predicted molar refractivity (Wildman–Crippen MR) is 65.6 cm³/mol. The van der Waals surface area contributed by atoms with Gasteiger partial charge in [0.15, 0.2) is 9.84 Å². The lowest BCUT2D eigenvalue weighted by Crippen LogP contribution is -2.19. The zero-order valence-electron chi connectivity index (χ0n) is 8.18. The van der Waals surface area contributed by atoms with Crippen molar-refractivity contribution in [1.29, 1.82) is 0 Å². The molecule has 1 unspecified atom stereocenters. The Morgan fingerprint density at radius 1 is 1.40 bits per heavy atom. The molecule has 0 spiro atoms. The van der Waals surface area contributed by atoms with Crippen LogP contribution in [-0.4, -0.2) is 27.3 Å². The number of sulfone groups is 1. The minimum Gasteiger partial charge on any atom is -0.316 e. The third-order valence-corrected chi connectivity index (χ3v) is 5.71. The number of hydrogen-bond donors (Lipinski definition) is 1. The van der Waals surface area contributed by atoms with E-state index in [2.05, 4.69) is 5.32 Å². The summed E-state index contributed by atoms with van der Waals surface area (Å²) in [6.07, 6.45) is 0.697. The Labute approximate surface area is 100 Å². The summed E-state index contributed by atoms with van der Waals surface area (Å²) in [4.78, 5) is 0.980. The predicted octanol–water partition coefficient (Wildman–Crippen LogP) is 1.62. The highest BCUT2D eigenvalue weighted by atomic mass is 35.5. The zero-order valence-corrected chi connectivity index (χ0v) is 10.6. The van der Waals surface area contributed by atoms with E-state index in [9.17, 15) is 8.42 Å². The fourth-order valence-electron chi connectivity index (χ4n) is 1.69. The molecule has 86 valence electrons. The maximum absolute atomic E-state index is 11.9. The van der Waals surface area contributed by atoms with Gasteiger partial charge in [0.05, 0.1) is 11.0 Å². The van der Waals surface area contributed by atoms with Crippen LogP contribution < -0.4 is 5.32 Å². The molecule has 1 aliphatic rings. The van der Waals surface area contributed by atoms with E-state index in [0.29, 0.717) is 13.0 Å². The molecule has 6 heteroatoms. The minimum atomic E-state index is -2.94. The molecule has 1 atom stereocenters. The molecule has 1 N–H and O–H groups in total. The molecule has 0 radical (unpaired) electrons. The highest BCUT2D eigenvalue weighted by Crippen LogP contribution is 2.30. The summed E-state index contributed by atoms with van der Waals surface area (Å²) < 4.78 is 23.7. The van der Waals surface area contributed by atoms with E-state index in [4.69, 9.17) is 0 Å². The molecule has 2 heterocycles. The highest BCUT2D eigenvalue weighted by molar-refractivity contribution is 7.91. The summed E-state index contributed by atoms with van der Waals surface area (Å²) in [6, 6.07) is 3.83. The Bertz CT molecular complexity index is 388. The van der Waals surface area contributed by atoms with Crippen LogP contribution in [0, 0.1) is 0 Å².